The standard InChI is InChI=1S/C13H25NO2/c1-12-6-3-2-4-8-14(12)9-7-13-15-10-5-11-16-13/h12-13H,2-11H2,1H3. The minimum absolute atomic E-state index is 0.0594. The zero-order chi connectivity index (χ0) is 11.2. The van der Waals surface area contributed by atoms with Crippen LogP contribution < -0.4 is 0 Å². The van der Waals surface area contributed by atoms with Crippen LogP contribution in [0.15, 0.2) is 0 Å². The van der Waals surface area contributed by atoms with Crippen LogP contribution in [0.5, 0.6) is 0 Å². The van der Waals surface area contributed by atoms with Crippen molar-refractivity contribution >= 4 is 0 Å². The van der Waals surface area contributed by atoms with E-state index in [9.17, 15) is 0 Å². The van der Waals surface area contributed by atoms with Crippen molar-refractivity contribution in [2.45, 2.75) is 57.8 Å². The first-order valence-corrected chi connectivity index (χ1v) is 6.83. The van der Waals surface area contributed by atoms with E-state index in [4.69, 9.17) is 9.47 Å². The molecule has 3 nitrogen and oxygen atoms in total. The summed E-state index contributed by atoms with van der Waals surface area (Å²) in [5.41, 5.74) is 0. The van der Waals surface area contributed by atoms with E-state index in [0.29, 0.717) is 0 Å². The molecule has 0 aromatic carbocycles. The van der Waals surface area contributed by atoms with Gasteiger partial charge in [-0.3, -0.25) is 0 Å². The highest BCUT2D eigenvalue weighted by atomic mass is 16.7. The van der Waals surface area contributed by atoms with Crippen LogP contribution in [-0.4, -0.2) is 43.5 Å². The van der Waals surface area contributed by atoms with E-state index < -0.39 is 0 Å². The second-order valence-electron chi connectivity index (χ2n) is 5.05. The SMILES string of the molecule is CC1CCCCCN1CCC1OCCCO1. The molecule has 0 saturated carbocycles. The number of hydrogen-bond acceptors (Lipinski definition) is 3. The Morgan fingerprint density at radius 3 is 2.69 bits per heavy atom. The lowest BCUT2D eigenvalue weighted by Gasteiger charge is -2.30. The van der Waals surface area contributed by atoms with Crippen LogP contribution in [0.25, 0.3) is 0 Å². The summed E-state index contributed by atoms with van der Waals surface area (Å²) in [6, 6.07) is 0.742. The third kappa shape index (κ3) is 3.72. The molecule has 2 aliphatic heterocycles. The fourth-order valence-corrected chi connectivity index (χ4v) is 2.64. The topological polar surface area (TPSA) is 21.7 Å². The monoisotopic (exact) mass is 227 g/mol. The van der Waals surface area contributed by atoms with Gasteiger partial charge in [0.25, 0.3) is 0 Å². The van der Waals surface area contributed by atoms with E-state index in [1.54, 1.807) is 0 Å². The van der Waals surface area contributed by atoms with Crippen LogP contribution in [0.1, 0.15) is 45.4 Å². The minimum Gasteiger partial charge on any atom is -0.353 e. The van der Waals surface area contributed by atoms with Gasteiger partial charge in [0.05, 0.1) is 13.2 Å². The summed E-state index contributed by atoms with van der Waals surface area (Å²) >= 11 is 0. The highest BCUT2D eigenvalue weighted by Crippen LogP contribution is 2.18. The maximum Gasteiger partial charge on any atom is 0.158 e. The van der Waals surface area contributed by atoms with E-state index >= 15 is 0 Å². The fraction of sp³-hybridized carbons (Fsp3) is 1.00. The third-order valence-electron chi connectivity index (χ3n) is 3.74. The molecular formula is C13H25NO2. The number of rotatable bonds is 3. The quantitative estimate of drug-likeness (QED) is 0.739. The fourth-order valence-electron chi connectivity index (χ4n) is 2.64. The molecule has 0 bridgehead atoms. The summed E-state index contributed by atoms with van der Waals surface area (Å²) in [7, 11) is 0. The molecule has 0 N–H and O–H groups in total. The highest BCUT2D eigenvalue weighted by molar-refractivity contribution is 4.72. The van der Waals surface area contributed by atoms with Crippen molar-refractivity contribution in [3.8, 4) is 0 Å². The second kappa shape index (κ2) is 6.58. The molecule has 0 aromatic heterocycles. The molecule has 2 aliphatic rings. The zero-order valence-corrected chi connectivity index (χ0v) is 10.5. The summed E-state index contributed by atoms with van der Waals surface area (Å²) in [5.74, 6) is 0. The van der Waals surface area contributed by atoms with Gasteiger partial charge in [0.2, 0.25) is 0 Å². The lowest BCUT2D eigenvalue weighted by atomic mass is 10.1. The minimum atomic E-state index is 0.0594. The zero-order valence-electron chi connectivity index (χ0n) is 10.5. The summed E-state index contributed by atoms with van der Waals surface area (Å²) in [6.45, 7) is 6.49. The summed E-state index contributed by atoms with van der Waals surface area (Å²) < 4.78 is 11.2. The Morgan fingerprint density at radius 2 is 1.88 bits per heavy atom. The first kappa shape index (κ1) is 12.3. The van der Waals surface area contributed by atoms with Gasteiger partial charge in [-0.2, -0.15) is 0 Å². The van der Waals surface area contributed by atoms with Crippen LogP contribution >= 0.6 is 0 Å². The molecule has 3 heteroatoms. The van der Waals surface area contributed by atoms with Crippen molar-refractivity contribution in [2.24, 2.45) is 0 Å². The second-order valence-corrected chi connectivity index (χ2v) is 5.05. The Kier molecular flexibility index (Phi) is 5.07. The van der Waals surface area contributed by atoms with Gasteiger partial charge >= 0.3 is 0 Å². The number of nitrogens with zero attached hydrogens (tertiary/aromatic N) is 1. The van der Waals surface area contributed by atoms with Gasteiger partial charge in [0.1, 0.15) is 0 Å². The van der Waals surface area contributed by atoms with Gasteiger partial charge < -0.3 is 14.4 Å². The molecule has 2 saturated heterocycles. The molecule has 2 rings (SSSR count). The third-order valence-corrected chi connectivity index (χ3v) is 3.74. The normalized spacial score (nSPS) is 30.2. The average Bonchev–Trinajstić information content (AvgIpc) is 2.53. The molecular weight excluding hydrogens is 202 g/mol. The Labute approximate surface area is 99.1 Å². The average molecular weight is 227 g/mol. The maximum atomic E-state index is 5.59. The van der Waals surface area contributed by atoms with Gasteiger partial charge in [-0.25, -0.2) is 0 Å². The molecule has 1 atom stereocenters. The van der Waals surface area contributed by atoms with Crippen LogP contribution in [0.3, 0.4) is 0 Å². The van der Waals surface area contributed by atoms with E-state index in [1.165, 1.54) is 32.2 Å². The van der Waals surface area contributed by atoms with Crippen molar-refractivity contribution < 1.29 is 9.47 Å². The van der Waals surface area contributed by atoms with Crippen molar-refractivity contribution in [3.05, 3.63) is 0 Å². The number of ether oxygens (including phenoxy) is 2. The molecule has 94 valence electrons. The van der Waals surface area contributed by atoms with Gasteiger partial charge in [0.15, 0.2) is 6.29 Å². The number of hydrogen-bond donors (Lipinski definition) is 0. The first-order valence-electron chi connectivity index (χ1n) is 6.83. The van der Waals surface area contributed by atoms with Gasteiger partial charge in [0, 0.05) is 19.0 Å². The van der Waals surface area contributed by atoms with Crippen LogP contribution in [0, 0.1) is 0 Å². The Bertz CT molecular complexity index is 192. The molecule has 0 aliphatic carbocycles. The molecule has 0 aromatic rings. The van der Waals surface area contributed by atoms with Crippen molar-refractivity contribution in [1.82, 2.24) is 4.90 Å². The van der Waals surface area contributed by atoms with Crippen LogP contribution in [0.2, 0.25) is 0 Å². The van der Waals surface area contributed by atoms with Crippen LogP contribution in [0.4, 0.5) is 0 Å². The molecule has 0 amide bonds. The molecule has 1 unspecified atom stereocenters. The van der Waals surface area contributed by atoms with E-state index in [1.807, 2.05) is 0 Å². The Hall–Kier alpha value is -0.120. The predicted molar refractivity (Wildman–Crippen MR) is 64.4 cm³/mol. The summed E-state index contributed by atoms with van der Waals surface area (Å²) in [4.78, 5) is 2.61. The lowest BCUT2D eigenvalue weighted by Crippen LogP contribution is -2.36. The summed E-state index contributed by atoms with van der Waals surface area (Å²) in [5, 5.41) is 0. The number of likely N-dealkylation sites (tertiary alicyclic amines) is 1. The molecule has 0 spiro atoms. The Morgan fingerprint density at radius 1 is 1.06 bits per heavy atom. The lowest BCUT2D eigenvalue weighted by molar-refractivity contribution is -0.183. The summed E-state index contributed by atoms with van der Waals surface area (Å²) in [6.07, 6.45) is 7.65. The first-order chi connectivity index (χ1) is 7.86. The van der Waals surface area contributed by atoms with E-state index in [0.717, 1.165) is 38.6 Å². The molecule has 2 fully saturated rings. The molecule has 2 heterocycles. The molecule has 0 radical (unpaired) electrons. The molecule has 16 heavy (non-hydrogen) atoms. The van der Waals surface area contributed by atoms with Crippen molar-refractivity contribution in [2.75, 3.05) is 26.3 Å². The largest absolute Gasteiger partial charge is 0.353 e. The van der Waals surface area contributed by atoms with E-state index in [2.05, 4.69) is 11.8 Å². The van der Waals surface area contributed by atoms with Gasteiger partial charge in [-0.15, -0.1) is 0 Å². The van der Waals surface area contributed by atoms with E-state index in [-0.39, 0.29) is 6.29 Å². The van der Waals surface area contributed by atoms with Crippen LogP contribution in [-0.2, 0) is 9.47 Å². The highest BCUT2D eigenvalue weighted by Gasteiger charge is 2.20. The van der Waals surface area contributed by atoms with Crippen molar-refractivity contribution in [3.63, 3.8) is 0 Å². The smallest absolute Gasteiger partial charge is 0.158 e. The van der Waals surface area contributed by atoms with Gasteiger partial charge in [-0.05, 0) is 32.7 Å². The maximum absolute atomic E-state index is 5.59. The van der Waals surface area contributed by atoms with Crippen molar-refractivity contribution in [1.29, 1.82) is 0 Å². The predicted octanol–water partition coefficient (Wildman–Crippen LogP) is 2.40. The van der Waals surface area contributed by atoms with Gasteiger partial charge in [-0.1, -0.05) is 12.8 Å². The Balaban J connectivity index is 1.70.